The SMILES string of the molecule is CC(=O)c1ccc(NC(=O)[C@H](C)OC(=O)COc2cccc(C)c2)cc1. The predicted molar refractivity (Wildman–Crippen MR) is 97.3 cm³/mol. The summed E-state index contributed by atoms with van der Waals surface area (Å²) in [4.78, 5) is 35.1. The minimum atomic E-state index is -0.976. The van der Waals surface area contributed by atoms with Gasteiger partial charge in [0, 0.05) is 11.3 Å². The molecule has 1 atom stereocenters. The zero-order chi connectivity index (χ0) is 19.1. The summed E-state index contributed by atoms with van der Waals surface area (Å²) < 4.78 is 10.4. The van der Waals surface area contributed by atoms with Crippen molar-refractivity contribution in [1.29, 1.82) is 0 Å². The molecule has 0 saturated heterocycles. The van der Waals surface area contributed by atoms with E-state index in [1.54, 1.807) is 36.4 Å². The minimum absolute atomic E-state index is 0.0567. The van der Waals surface area contributed by atoms with E-state index in [9.17, 15) is 14.4 Å². The quantitative estimate of drug-likeness (QED) is 0.609. The third-order valence-electron chi connectivity index (χ3n) is 3.58. The fraction of sp³-hybridized carbons (Fsp3) is 0.250. The molecule has 0 aliphatic carbocycles. The number of anilines is 1. The van der Waals surface area contributed by atoms with Crippen molar-refractivity contribution in [3.63, 3.8) is 0 Å². The molecule has 0 spiro atoms. The Balaban J connectivity index is 1.82. The Morgan fingerprint density at radius 1 is 1.08 bits per heavy atom. The summed E-state index contributed by atoms with van der Waals surface area (Å²) in [6.45, 7) is 4.58. The van der Waals surface area contributed by atoms with Gasteiger partial charge in [-0.2, -0.15) is 0 Å². The van der Waals surface area contributed by atoms with Gasteiger partial charge in [-0.25, -0.2) is 4.79 Å². The first kappa shape index (κ1) is 19.2. The summed E-state index contributed by atoms with van der Waals surface area (Å²) in [6, 6.07) is 13.7. The van der Waals surface area contributed by atoms with E-state index in [-0.39, 0.29) is 12.4 Å². The molecule has 1 N–H and O–H groups in total. The van der Waals surface area contributed by atoms with Crippen LogP contribution in [-0.4, -0.2) is 30.4 Å². The molecule has 0 aromatic heterocycles. The first-order valence-electron chi connectivity index (χ1n) is 8.16. The van der Waals surface area contributed by atoms with Crippen molar-refractivity contribution in [2.75, 3.05) is 11.9 Å². The number of ether oxygens (including phenoxy) is 2. The smallest absolute Gasteiger partial charge is 0.344 e. The van der Waals surface area contributed by atoms with Crippen LogP contribution in [0.15, 0.2) is 48.5 Å². The lowest BCUT2D eigenvalue weighted by atomic mass is 10.1. The van der Waals surface area contributed by atoms with Crippen molar-refractivity contribution < 1.29 is 23.9 Å². The van der Waals surface area contributed by atoms with Crippen LogP contribution in [0.5, 0.6) is 5.75 Å². The highest BCUT2D eigenvalue weighted by Gasteiger charge is 2.18. The summed E-state index contributed by atoms with van der Waals surface area (Å²) in [5.41, 5.74) is 2.08. The first-order valence-corrected chi connectivity index (χ1v) is 8.16. The highest BCUT2D eigenvalue weighted by molar-refractivity contribution is 5.97. The van der Waals surface area contributed by atoms with Crippen LogP contribution in [0.2, 0.25) is 0 Å². The molecule has 136 valence electrons. The second-order valence-electron chi connectivity index (χ2n) is 5.86. The number of ketones is 1. The Hall–Kier alpha value is -3.15. The Labute approximate surface area is 152 Å². The Bertz CT molecular complexity index is 798. The zero-order valence-corrected chi connectivity index (χ0v) is 14.9. The third kappa shape index (κ3) is 5.73. The number of nitrogens with one attached hydrogen (secondary N) is 1. The van der Waals surface area contributed by atoms with Crippen LogP contribution in [0, 0.1) is 6.92 Å². The van der Waals surface area contributed by atoms with Gasteiger partial charge in [-0.1, -0.05) is 12.1 Å². The van der Waals surface area contributed by atoms with Gasteiger partial charge in [0.05, 0.1) is 0 Å². The van der Waals surface area contributed by atoms with Gasteiger partial charge in [0.2, 0.25) is 0 Å². The van der Waals surface area contributed by atoms with E-state index in [0.717, 1.165) is 5.56 Å². The van der Waals surface area contributed by atoms with Crippen molar-refractivity contribution in [1.82, 2.24) is 0 Å². The number of rotatable bonds is 7. The average Bonchev–Trinajstić information content (AvgIpc) is 2.60. The highest BCUT2D eigenvalue weighted by Crippen LogP contribution is 2.13. The van der Waals surface area contributed by atoms with Crippen LogP contribution >= 0.6 is 0 Å². The van der Waals surface area contributed by atoms with E-state index in [2.05, 4.69) is 5.32 Å². The molecule has 26 heavy (non-hydrogen) atoms. The molecule has 6 heteroatoms. The molecule has 0 fully saturated rings. The normalized spacial score (nSPS) is 11.3. The van der Waals surface area contributed by atoms with Crippen LogP contribution in [0.4, 0.5) is 5.69 Å². The van der Waals surface area contributed by atoms with Crippen LogP contribution < -0.4 is 10.1 Å². The number of carbonyl (C=O) groups is 3. The molecule has 2 aromatic carbocycles. The van der Waals surface area contributed by atoms with Gasteiger partial charge in [-0.05, 0) is 62.7 Å². The summed E-state index contributed by atoms with van der Waals surface area (Å²) in [5.74, 6) is -0.603. The zero-order valence-electron chi connectivity index (χ0n) is 14.9. The van der Waals surface area contributed by atoms with Crippen LogP contribution in [0.1, 0.15) is 29.8 Å². The van der Waals surface area contributed by atoms with Crippen LogP contribution in [0.3, 0.4) is 0 Å². The Morgan fingerprint density at radius 3 is 2.38 bits per heavy atom. The van der Waals surface area contributed by atoms with E-state index in [0.29, 0.717) is 17.0 Å². The van der Waals surface area contributed by atoms with E-state index < -0.39 is 18.0 Å². The maximum Gasteiger partial charge on any atom is 0.344 e. The monoisotopic (exact) mass is 355 g/mol. The van der Waals surface area contributed by atoms with Gasteiger partial charge < -0.3 is 14.8 Å². The van der Waals surface area contributed by atoms with E-state index in [1.807, 2.05) is 19.1 Å². The number of Topliss-reactive ketones (excluding diaryl/α,β-unsaturated/α-hetero) is 1. The molecule has 0 radical (unpaired) electrons. The predicted octanol–water partition coefficient (Wildman–Crippen LogP) is 3.15. The molecule has 0 saturated carbocycles. The minimum Gasteiger partial charge on any atom is -0.482 e. The number of hydrogen-bond donors (Lipinski definition) is 1. The lowest BCUT2D eigenvalue weighted by molar-refractivity contribution is -0.155. The Kier molecular flexibility index (Phi) is 6.49. The second-order valence-corrected chi connectivity index (χ2v) is 5.86. The van der Waals surface area contributed by atoms with Crippen molar-refractivity contribution in [3.8, 4) is 5.75 Å². The topological polar surface area (TPSA) is 81.7 Å². The molecule has 0 unspecified atom stereocenters. The van der Waals surface area contributed by atoms with E-state index in [1.165, 1.54) is 13.8 Å². The van der Waals surface area contributed by atoms with Crippen LogP contribution in [0.25, 0.3) is 0 Å². The van der Waals surface area contributed by atoms with Gasteiger partial charge >= 0.3 is 5.97 Å². The van der Waals surface area contributed by atoms with Gasteiger partial charge in [-0.3, -0.25) is 9.59 Å². The summed E-state index contributed by atoms with van der Waals surface area (Å²) in [7, 11) is 0. The first-order chi connectivity index (χ1) is 12.3. The van der Waals surface area contributed by atoms with Crippen molar-refractivity contribution in [2.24, 2.45) is 0 Å². The van der Waals surface area contributed by atoms with Crippen molar-refractivity contribution >= 4 is 23.3 Å². The molecule has 2 aromatic rings. The lowest BCUT2D eigenvalue weighted by Gasteiger charge is -2.14. The largest absolute Gasteiger partial charge is 0.482 e. The fourth-order valence-electron chi connectivity index (χ4n) is 2.16. The van der Waals surface area contributed by atoms with Gasteiger partial charge in [-0.15, -0.1) is 0 Å². The van der Waals surface area contributed by atoms with E-state index in [4.69, 9.17) is 9.47 Å². The van der Waals surface area contributed by atoms with Gasteiger partial charge in [0.1, 0.15) is 5.75 Å². The summed E-state index contributed by atoms with van der Waals surface area (Å²) in [6.07, 6.45) is -0.976. The molecule has 2 rings (SSSR count). The molecule has 0 heterocycles. The number of carbonyl (C=O) groups excluding carboxylic acids is 3. The van der Waals surface area contributed by atoms with E-state index >= 15 is 0 Å². The maximum atomic E-state index is 12.1. The second kappa shape index (κ2) is 8.80. The molecule has 6 nitrogen and oxygen atoms in total. The fourth-order valence-corrected chi connectivity index (χ4v) is 2.16. The molecule has 0 aliphatic rings. The van der Waals surface area contributed by atoms with Gasteiger partial charge in [0.25, 0.3) is 5.91 Å². The maximum absolute atomic E-state index is 12.1. The standard InChI is InChI=1S/C20H21NO5/c1-13-5-4-6-18(11-13)25-12-19(23)26-15(3)20(24)21-17-9-7-16(8-10-17)14(2)22/h4-11,15H,12H2,1-3H3,(H,21,24)/t15-/m0/s1. The summed E-state index contributed by atoms with van der Waals surface area (Å²) in [5, 5.41) is 2.63. The molecule has 1 amide bonds. The number of aryl methyl sites for hydroxylation is 1. The lowest BCUT2D eigenvalue weighted by Crippen LogP contribution is -2.31. The molecular formula is C20H21NO5. The third-order valence-corrected chi connectivity index (χ3v) is 3.58. The van der Waals surface area contributed by atoms with Crippen molar-refractivity contribution in [2.45, 2.75) is 26.9 Å². The summed E-state index contributed by atoms with van der Waals surface area (Å²) >= 11 is 0. The highest BCUT2D eigenvalue weighted by atomic mass is 16.6. The van der Waals surface area contributed by atoms with Crippen molar-refractivity contribution in [3.05, 3.63) is 59.7 Å². The average molecular weight is 355 g/mol. The number of benzene rings is 2. The molecule has 0 bridgehead atoms. The molecular weight excluding hydrogens is 334 g/mol. The number of amides is 1. The van der Waals surface area contributed by atoms with Crippen LogP contribution in [-0.2, 0) is 14.3 Å². The Morgan fingerprint density at radius 2 is 1.77 bits per heavy atom. The molecule has 0 aliphatic heterocycles. The number of esters is 1. The van der Waals surface area contributed by atoms with Gasteiger partial charge in [0.15, 0.2) is 18.5 Å². The number of hydrogen-bond acceptors (Lipinski definition) is 5.